The molecule has 0 N–H and O–H groups in total. The summed E-state index contributed by atoms with van der Waals surface area (Å²) in [6.07, 6.45) is 63.4. The molecule has 1 heterocycles. The molecular formula is C48H96N2. The summed E-state index contributed by atoms with van der Waals surface area (Å²) < 4.78 is 0. The minimum absolute atomic E-state index is 0.637. The number of unbranched alkanes of at least 4 members (excludes halogenated alkanes) is 36. The van der Waals surface area contributed by atoms with E-state index in [0.717, 1.165) is 0 Å². The summed E-state index contributed by atoms with van der Waals surface area (Å²) in [4.78, 5) is 5.46. The summed E-state index contributed by atoms with van der Waals surface area (Å²) in [5, 5.41) is 0. The summed E-state index contributed by atoms with van der Waals surface area (Å²) in [6.45, 7) is 9.49. The number of nitrogens with zero attached hydrogens (tertiary/aromatic N) is 2. The van der Waals surface area contributed by atoms with Gasteiger partial charge in [-0.05, 0) is 25.7 Å². The van der Waals surface area contributed by atoms with Gasteiger partial charge in [-0.15, -0.1) is 0 Å². The zero-order valence-corrected chi connectivity index (χ0v) is 35.3. The molecule has 1 unspecified atom stereocenters. The Labute approximate surface area is 318 Å². The van der Waals surface area contributed by atoms with E-state index in [4.69, 9.17) is 0 Å². The van der Waals surface area contributed by atoms with Gasteiger partial charge in [-0.2, -0.15) is 0 Å². The number of hydrogen-bond acceptors (Lipinski definition) is 2. The van der Waals surface area contributed by atoms with Crippen molar-refractivity contribution < 1.29 is 0 Å². The molecule has 2 nitrogen and oxygen atoms in total. The lowest BCUT2D eigenvalue weighted by molar-refractivity contribution is 0.135. The molecule has 298 valence electrons. The van der Waals surface area contributed by atoms with Crippen LogP contribution in [0.1, 0.15) is 278 Å². The topological polar surface area (TPSA) is 6.48 Å². The highest BCUT2D eigenvalue weighted by Gasteiger charge is 2.24. The lowest BCUT2D eigenvalue weighted by atomic mass is 10.0. The van der Waals surface area contributed by atoms with Gasteiger partial charge in [0.05, 0.1) is 0 Å². The van der Waals surface area contributed by atoms with E-state index >= 15 is 0 Å². The van der Waals surface area contributed by atoms with Crippen molar-refractivity contribution in [3.8, 4) is 0 Å². The fourth-order valence-corrected chi connectivity index (χ4v) is 8.31. The molecule has 0 aliphatic carbocycles. The van der Waals surface area contributed by atoms with Crippen LogP contribution in [0.3, 0.4) is 0 Å². The Bertz CT molecular complexity index is 659. The lowest BCUT2D eigenvalue weighted by Gasteiger charge is -2.33. The second-order valence-corrected chi connectivity index (χ2v) is 16.8. The van der Waals surface area contributed by atoms with Gasteiger partial charge in [-0.25, -0.2) is 0 Å². The molecule has 0 aromatic rings. The van der Waals surface area contributed by atoms with Crippen LogP contribution in [-0.2, 0) is 0 Å². The van der Waals surface area contributed by atoms with Gasteiger partial charge in [0.25, 0.3) is 0 Å². The molecule has 0 spiro atoms. The normalized spacial score (nSPS) is 14.5. The van der Waals surface area contributed by atoms with E-state index in [1.165, 1.54) is 270 Å². The zero-order chi connectivity index (χ0) is 35.8. The maximum absolute atomic E-state index is 2.73. The first-order valence-electron chi connectivity index (χ1n) is 24.0. The molecule has 1 rings (SSSR count). The van der Waals surface area contributed by atoms with Crippen molar-refractivity contribution in [1.29, 1.82) is 0 Å². The molecule has 1 aliphatic heterocycles. The van der Waals surface area contributed by atoms with Crippen LogP contribution in [-0.4, -0.2) is 29.1 Å². The van der Waals surface area contributed by atoms with Gasteiger partial charge in [-0.3, -0.25) is 0 Å². The Balaban J connectivity index is 2.13. The van der Waals surface area contributed by atoms with E-state index in [0.29, 0.717) is 6.17 Å². The number of hydrogen-bond donors (Lipinski definition) is 0. The number of rotatable bonds is 42. The minimum Gasteiger partial charge on any atom is -0.356 e. The fraction of sp³-hybridized carbons (Fsp3) is 0.958. The van der Waals surface area contributed by atoms with Crippen molar-refractivity contribution >= 4 is 0 Å². The molecule has 0 amide bonds. The fourth-order valence-electron chi connectivity index (χ4n) is 8.31. The largest absolute Gasteiger partial charge is 0.356 e. The highest BCUT2D eigenvalue weighted by atomic mass is 15.4. The monoisotopic (exact) mass is 701 g/mol. The van der Waals surface area contributed by atoms with Gasteiger partial charge in [0.1, 0.15) is 6.17 Å². The smallest absolute Gasteiger partial charge is 0.101 e. The van der Waals surface area contributed by atoms with Crippen LogP contribution >= 0.6 is 0 Å². The average molecular weight is 701 g/mol. The van der Waals surface area contributed by atoms with Crippen LogP contribution < -0.4 is 0 Å². The summed E-state index contributed by atoms with van der Waals surface area (Å²) in [5.41, 5.74) is 0. The first kappa shape index (κ1) is 47.4. The third kappa shape index (κ3) is 30.9. The minimum atomic E-state index is 0.637. The Morgan fingerprint density at radius 1 is 0.260 bits per heavy atom. The van der Waals surface area contributed by atoms with Gasteiger partial charge in [-0.1, -0.05) is 252 Å². The van der Waals surface area contributed by atoms with Crippen LogP contribution in [0.25, 0.3) is 0 Å². The molecule has 1 aliphatic rings. The summed E-state index contributed by atoms with van der Waals surface area (Å²) in [6, 6.07) is 0. The van der Waals surface area contributed by atoms with E-state index in [9.17, 15) is 0 Å². The Morgan fingerprint density at radius 3 is 0.700 bits per heavy atom. The van der Waals surface area contributed by atoms with E-state index in [1.54, 1.807) is 0 Å². The highest BCUT2D eigenvalue weighted by molar-refractivity contribution is 4.97. The third-order valence-corrected chi connectivity index (χ3v) is 11.8. The molecule has 0 aromatic heterocycles. The Kier molecular flexibility index (Phi) is 37.5. The van der Waals surface area contributed by atoms with E-state index in [2.05, 4.69) is 43.0 Å². The van der Waals surface area contributed by atoms with Crippen LogP contribution in [0.4, 0.5) is 0 Å². The van der Waals surface area contributed by atoms with Crippen LogP contribution in [0, 0.1) is 0 Å². The van der Waals surface area contributed by atoms with Gasteiger partial charge in [0.15, 0.2) is 0 Å². The molecule has 1 atom stereocenters. The molecule has 0 bridgehead atoms. The van der Waals surface area contributed by atoms with Crippen LogP contribution in [0.2, 0.25) is 0 Å². The predicted octanol–water partition coefficient (Wildman–Crippen LogP) is 17.1. The predicted molar refractivity (Wildman–Crippen MR) is 228 cm³/mol. The van der Waals surface area contributed by atoms with Crippen molar-refractivity contribution in [3.05, 3.63) is 12.4 Å². The van der Waals surface area contributed by atoms with Gasteiger partial charge < -0.3 is 9.80 Å². The summed E-state index contributed by atoms with van der Waals surface area (Å²) in [7, 11) is 0. The summed E-state index contributed by atoms with van der Waals surface area (Å²) in [5.74, 6) is 0. The van der Waals surface area contributed by atoms with Crippen LogP contribution in [0.5, 0.6) is 0 Å². The van der Waals surface area contributed by atoms with Crippen molar-refractivity contribution in [2.75, 3.05) is 13.1 Å². The molecule has 0 aromatic carbocycles. The Hall–Kier alpha value is -0.660. The average Bonchev–Trinajstić information content (AvgIpc) is 3.51. The maximum atomic E-state index is 2.73. The molecule has 2 heteroatoms. The van der Waals surface area contributed by atoms with E-state index in [-0.39, 0.29) is 0 Å². The maximum Gasteiger partial charge on any atom is 0.101 e. The van der Waals surface area contributed by atoms with Crippen molar-refractivity contribution in [1.82, 2.24) is 9.80 Å². The summed E-state index contributed by atoms with van der Waals surface area (Å²) >= 11 is 0. The molecule has 0 saturated heterocycles. The molecular weight excluding hydrogens is 605 g/mol. The van der Waals surface area contributed by atoms with E-state index in [1.807, 2.05) is 0 Å². The van der Waals surface area contributed by atoms with Crippen molar-refractivity contribution in [2.24, 2.45) is 0 Å². The SMILES string of the molecule is CCCCCCCCCCCCCCCCCCCC1N(CCCCCCCCC)C=CN1CCCCCCCCCCCCCCCCC. The second kappa shape index (κ2) is 39.5. The molecule has 0 radical (unpaired) electrons. The second-order valence-electron chi connectivity index (χ2n) is 16.8. The van der Waals surface area contributed by atoms with Crippen molar-refractivity contribution in [2.45, 2.75) is 284 Å². The zero-order valence-electron chi connectivity index (χ0n) is 35.3. The lowest BCUT2D eigenvalue weighted by Crippen LogP contribution is -2.39. The van der Waals surface area contributed by atoms with Crippen LogP contribution in [0.15, 0.2) is 12.4 Å². The van der Waals surface area contributed by atoms with E-state index < -0.39 is 0 Å². The highest BCUT2D eigenvalue weighted by Crippen LogP contribution is 2.24. The van der Waals surface area contributed by atoms with Gasteiger partial charge in [0, 0.05) is 25.5 Å². The Morgan fingerprint density at radius 2 is 0.460 bits per heavy atom. The van der Waals surface area contributed by atoms with Gasteiger partial charge in [0.2, 0.25) is 0 Å². The first-order valence-corrected chi connectivity index (χ1v) is 24.0. The quantitative estimate of drug-likeness (QED) is 0.0585. The molecule has 0 saturated carbocycles. The molecule has 0 fully saturated rings. The van der Waals surface area contributed by atoms with Crippen molar-refractivity contribution in [3.63, 3.8) is 0 Å². The standard InChI is InChI=1S/C48H96N2/c1-4-7-10-13-16-18-20-22-24-25-26-28-30-32-34-37-40-43-48-49(44-41-38-35-15-12-9-6-3)46-47-50(48)45-42-39-36-33-31-29-27-23-21-19-17-14-11-8-5-2/h46-48H,4-45H2,1-3H3. The molecule has 50 heavy (non-hydrogen) atoms. The van der Waals surface area contributed by atoms with Gasteiger partial charge >= 0.3 is 0 Å². The third-order valence-electron chi connectivity index (χ3n) is 11.8. The first-order chi connectivity index (χ1) is 24.8.